The first-order chi connectivity index (χ1) is 6.52. The maximum atomic E-state index is 10.6. The van der Waals surface area contributed by atoms with E-state index in [1.165, 1.54) is 12.8 Å². The summed E-state index contributed by atoms with van der Waals surface area (Å²) in [4.78, 5) is 10.6. The molecule has 0 spiro atoms. The number of rotatable bonds is 7. The average molecular weight is 200 g/mol. The minimum Gasteiger partial charge on any atom is -0.355 e. The third-order valence-corrected chi connectivity index (χ3v) is 2.17. The summed E-state index contributed by atoms with van der Waals surface area (Å²) < 4.78 is 0. The molecule has 0 aromatic heterocycles. The van der Waals surface area contributed by atoms with E-state index in [2.05, 4.69) is 31.4 Å². The lowest BCUT2D eigenvalue weighted by molar-refractivity contribution is -0.118. The van der Waals surface area contributed by atoms with Gasteiger partial charge < -0.3 is 10.6 Å². The van der Waals surface area contributed by atoms with Crippen LogP contribution in [0.25, 0.3) is 0 Å². The summed E-state index contributed by atoms with van der Waals surface area (Å²) in [5.41, 5.74) is 0. The summed E-state index contributed by atoms with van der Waals surface area (Å²) in [5.74, 6) is 0.816. The van der Waals surface area contributed by atoms with Gasteiger partial charge in [-0.05, 0) is 25.7 Å². The van der Waals surface area contributed by atoms with Crippen LogP contribution in [0.3, 0.4) is 0 Å². The van der Waals surface area contributed by atoms with Crippen molar-refractivity contribution in [3.63, 3.8) is 0 Å². The van der Waals surface area contributed by atoms with Crippen molar-refractivity contribution in [1.82, 2.24) is 10.6 Å². The molecule has 2 N–H and O–H groups in total. The second-order valence-electron chi connectivity index (χ2n) is 4.31. The molecule has 0 heterocycles. The largest absolute Gasteiger partial charge is 0.355 e. The van der Waals surface area contributed by atoms with Crippen LogP contribution in [0.4, 0.5) is 0 Å². The molecule has 0 aliphatic heterocycles. The summed E-state index contributed by atoms with van der Waals surface area (Å²) in [6.45, 7) is 9.80. The normalized spacial score (nSPS) is 12.9. The molecule has 0 aliphatic carbocycles. The van der Waals surface area contributed by atoms with Crippen LogP contribution >= 0.6 is 0 Å². The van der Waals surface area contributed by atoms with E-state index in [9.17, 15) is 4.79 Å². The van der Waals surface area contributed by atoms with E-state index in [-0.39, 0.29) is 5.91 Å². The van der Waals surface area contributed by atoms with Crippen molar-refractivity contribution in [2.75, 3.05) is 13.1 Å². The highest BCUT2D eigenvalue weighted by Gasteiger charge is 2.02. The lowest BCUT2D eigenvalue weighted by Crippen LogP contribution is -2.35. The Morgan fingerprint density at radius 3 is 2.29 bits per heavy atom. The molecule has 1 unspecified atom stereocenters. The van der Waals surface area contributed by atoms with E-state index < -0.39 is 0 Å². The summed E-state index contributed by atoms with van der Waals surface area (Å²) in [5, 5.41) is 6.14. The van der Waals surface area contributed by atoms with Gasteiger partial charge in [0.25, 0.3) is 0 Å². The quantitative estimate of drug-likeness (QED) is 0.612. The second-order valence-corrected chi connectivity index (χ2v) is 4.31. The monoisotopic (exact) mass is 200 g/mol. The van der Waals surface area contributed by atoms with Crippen LogP contribution < -0.4 is 10.6 Å². The van der Waals surface area contributed by atoms with Gasteiger partial charge in [-0.3, -0.25) is 4.79 Å². The summed E-state index contributed by atoms with van der Waals surface area (Å²) in [7, 11) is 0. The molecule has 0 saturated heterocycles. The second kappa shape index (κ2) is 7.80. The number of carbonyl (C=O) groups excluding carboxylic acids is 1. The highest BCUT2D eigenvalue weighted by molar-refractivity contribution is 5.72. The van der Waals surface area contributed by atoms with Crippen LogP contribution in [0, 0.1) is 5.92 Å². The van der Waals surface area contributed by atoms with Crippen molar-refractivity contribution in [1.29, 1.82) is 0 Å². The summed E-state index contributed by atoms with van der Waals surface area (Å²) in [6, 6.07) is 0.547. The zero-order valence-corrected chi connectivity index (χ0v) is 9.89. The Hall–Kier alpha value is -0.570. The van der Waals surface area contributed by atoms with Crippen LogP contribution in [-0.4, -0.2) is 25.0 Å². The van der Waals surface area contributed by atoms with E-state index in [4.69, 9.17) is 0 Å². The van der Waals surface area contributed by atoms with Gasteiger partial charge in [0.2, 0.25) is 5.91 Å². The molecule has 14 heavy (non-hydrogen) atoms. The molecule has 0 saturated carbocycles. The number of carbonyl (C=O) groups is 1. The fourth-order valence-electron chi connectivity index (χ4n) is 1.24. The van der Waals surface area contributed by atoms with E-state index >= 15 is 0 Å². The van der Waals surface area contributed by atoms with Crippen molar-refractivity contribution in [2.24, 2.45) is 5.92 Å². The van der Waals surface area contributed by atoms with E-state index in [1.54, 1.807) is 6.92 Å². The lowest BCUT2D eigenvalue weighted by atomic mass is 10.0. The van der Waals surface area contributed by atoms with Crippen molar-refractivity contribution in [2.45, 2.75) is 46.6 Å². The highest BCUT2D eigenvalue weighted by Crippen LogP contribution is 2.05. The Morgan fingerprint density at radius 2 is 1.79 bits per heavy atom. The van der Waals surface area contributed by atoms with E-state index in [1.807, 2.05) is 0 Å². The molecular formula is C11H24N2O. The Morgan fingerprint density at radius 1 is 1.14 bits per heavy atom. The van der Waals surface area contributed by atoms with Crippen molar-refractivity contribution >= 4 is 5.91 Å². The van der Waals surface area contributed by atoms with Gasteiger partial charge in [-0.15, -0.1) is 0 Å². The van der Waals surface area contributed by atoms with Crippen molar-refractivity contribution < 1.29 is 4.79 Å². The molecule has 0 radical (unpaired) electrons. The SMILES string of the molecule is CC(=O)NCCNC(C)CCC(C)C. The van der Waals surface area contributed by atoms with Crippen LogP contribution in [0.5, 0.6) is 0 Å². The van der Waals surface area contributed by atoms with Gasteiger partial charge in [0.15, 0.2) is 0 Å². The molecular weight excluding hydrogens is 176 g/mol. The Bertz CT molecular complexity index is 157. The number of hydrogen-bond acceptors (Lipinski definition) is 2. The standard InChI is InChI=1S/C11H24N2O/c1-9(2)5-6-10(3)12-7-8-13-11(4)14/h9-10,12H,5-8H2,1-4H3,(H,13,14). The zero-order chi connectivity index (χ0) is 11.0. The van der Waals surface area contributed by atoms with Crippen LogP contribution in [0.2, 0.25) is 0 Å². The number of nitrogens with one attached hydrogen (secondary N) is 2. The zero-order valence-electron chi connectivity index (χ0n) is 9.89. The fourth-order valence-corrected chi connectivity index (χ4v) is 1.24. The molecule has 0 bridgehead atoms. The number of hydrogen-bond donors (Lipinski definition) is 2. The Balaban J connectivity index is 3.26. The smallest absolute Gasteiger partial charge is 0.216 e. The molecule has 3 heteroatoms. The highest BCUT2D eigenvalue weighted by atomic mass is 16.1. The molecule has 1 atom stereocenters. The molecule has 0 rings (SSSR count). The summed E-state index contributed by atoms with van der Waals surface area (Å²) >= 11 is 0. The third kappa shape index (κ3) is 9.52. The lowest BCUT2D eigenvalue weighted by Gasteiger charge is -2.14. The van der Waals surface area contributed by atoms with Gasteiger partial charge in [0.05, 0.1) is 0 Å². The number of amides is 1. The molecule has 0 aliphatic rings. The fraction of sp³-hybridized carbons (Fsp3) is 0.909. The maximum Gasteiger partial charge on any atom is 0.216 e. The first kappa shape index (κ1) is 13.4. The Labute approximate surface area is 87.6 Å². The molecule has 3 nitrogen and oxygen atoms in total. The van der Waals surface area contributed by atoms with Gasteiger partial charge in [0.1, 0.15) is 0 Å². The van der Waals surface area contributed by atoms with Crippen molar-refractivity contribution in [3.8, 4) is 0 Å². The van der Waals surface area contributed by atoms with Crippen molar-refractivity contribution in [3.05, 3.63) is 0 Å². The van der Waals surface area contributed by atoms with Crippen LogP contribution in [0.1, 0.15) is 40.5 Å². The first-order valence-corrected chi connectivity index (χ1v) is 5.50. The maximum absolute atomic E-state index is 10.6. The molecule has 84 valence electrons. The van der Waals surface area contributed by atoms with Gasteiger partial charge in [-0.25, -0.2) is 0 Å². The molecule has 0 aromatic carbocycles. The first-order valence-electron chi connectivity index (χ1n) is 5.50. The topological polar surface area (TPSA) is 41.1 Å². The van der Waals surface area contributed by atoms with E-state index in [0.717, 1.165) is 19.0 Å². The third-order valence-electron chi connectivity index (χ3n) is 2.17. The van der Waals surface area contributed by atoms with Gasteiger partial charge in [-0.2, -0.15) is 0 Å². The predicted octanol–water partition coefficient (Wildman–Crippen LogP) is 1.54. The van der Waals surface area contributed by atoms with Gasteiger partial charge in [0, 0.05) is 26.1 Å². The van der Waals surface area contributed by atoms with Gasteiger partial charge >= 0.3 is 0 Å². The van der Waals surface area contributed by atoms with Crippen LogP contribution in [0.15, 0.2) is 0 Å². The Kier molecular flexibility index (Phi) is 7.48. The minimum absolute atomic E-state index is 0.0432. The summed E-state index contributed by atoms with van der Waals surface area (Å²) in [6.07, 6.45) is 2.46. The van der Waals surface area contributed by atoms with E-state index in [0.29, 0.717) is 6.04 Å². The molecule has 0 fully saturated rings. The molecule has 1 amide bonds. The minimum atomic E-state index is 0.0432. The predicted molar refractivity (Wildman–Crippen MR) is 60.2 cm³/mol. The van der Waals surface area contributed by atoms with Crippen LogP contribution in [-0.2, 0) is 4.79 Å². The van der Waals surface area contributed by atoms with Gasteiger partial charge in [-0.1, -0.05) is 13.8 Å². The average Bonchev–Trinajstić information content (AvgIpc) is 2.08. The molecule has 0 aromatic rings.